The zero-order chi connectivity index (χ0) is 42.0. The molecule has 2 nitrogen and oxygen atoms in total. The molecule has 9 aromatic rings. The van der Waals surface area contributed by atoms with Gasteiger partial charge in [0.1, 0.15) is 0 Å². The molecule has 0 aliphatic rings. The van der Waals surface area contributed by atoms with Gasteiger partial charge in [-0.25, -0.2) is 43.9 Å². The third-order valence-corrected chi connectivity index (χ3v) is 10.4. The van der Waals surface area contributed by atoms with Crippen LogP contribution in [0.2, 0.25) is 0 Å². The number of anilines is 3. The fourth-order valence-electron chi connectivity index (χ4n) is 7.53. The van der Waals surface area contributed by atoms with Gasteiger partial charge in [0.15, 0.2) is 46.5 Å². The van der Waals surface area contributed by atoms with Crippen molar-refractivity contribution in [2.75, 3.05) is 4.90 Å². The van der Waals surface area contributed by atoms with Crippen LogP contribution in [0, 0.1) is 58.2 Å². The highest BCUT2D eigenvalue weighted by molar-refractivity contribution is 6.10. The first-order chi connectivity index (χ1) is 28.9. The van der Waals surface area contributed by atoms with Crippen molar-refractivity contribution in [1.82, 2.24) is 4.57 Å². The molecule has 0 unspecified atom stereocenters. The van der Waals surface area contributed by atoms with Gasteiger partial charge in [-0.1, -0.05) is 84.9 Å². The van der Waals surface area contributed by atoms with Gasteiger partial charge in [0.2, 0.25) is 11.6 Å². The predicted octanol–water partition coefficient (Wildman–Crippen LogP) is 14.6. The lowest BCUT2D eigenvalue weighted by Gasteiger charge is -2.26. The summed E-state index contributed by atoms with van der Waals surface area (Å²) in [6.45, 7) is 0. The second-order valence-corrected chi connectivity index (χ2v) is 13.8. The van der Waals surface area contributed by atoms with Crippen molar-refractivity contribution >= 4 is 38.9 Å². The average Bonchev–Trinajstić information content (AvgIpc) is 3.61. The second kappa shape index (κ2) is 14.8. The van der Waals surface area contributed by atoms with E-state index in [9.17, 15) is 43.9 Å². The van der Waals surface area contributed by atoms with Crippen molar-refractivity contribution in [2.24, 2.45) is 0 Å². The van der Waals surface area contributed by atoms with Crippen LogP contribution < -0.4 is 4.90 Å². The van der Waals surface area contributed by atoms with Gasteiger partial charge in [-0.2, -0.15) is 0 Å². The summed E-state index contributed by atoms with van der Waals surface area (Å²) in [5.41, 5.74) is 2.81. The minimum absolute atomic E-state index is 0.299. The molecule has 0 bridgehead atoms. The molecule has 12 heteroatoms. The molecule has 60 heavy (non-hydrogen) atoms. The Balaban J connectivity index is 1.14. The number of benzene rings is 8. The zero-order valence-corrected chi connectivity index (χ0v) is 30.5. The Bertz CT molecular complexity index is 2960. The first-order valence-corrected chi connectivity index (χ1v) is 18.2. The van der Waals surface area contributed by atoms with Crippen LogP contribution >= 0.6 is 0 Å². The number of hydrogen-bond acceptors (Lipinski definition) is 1. The van der Waals surface area contributed by atoms with Crippen molar-refractivity contribution in [2.45, 2.75) is 0 Å². The lowest BCUT2D eigenvalue weighted by atomic mass is 10.0. The predicted molar refractivity (Wildman–Crippen MR) is 211 cm³/mol. The quantitative estimate of drug-likeness (QED) is 0.0883. The smallest absolute Gasteiger partial charge is 0.200 e. The third-order valence-electron chi connectivity index (χ3n) is 10.4. The zero-order valence-electron chi connectivity index (χ0n) is 30.5. The molecule has 0 fully saturated rings. The van der Waals surface area contributed by atoms with Crippen molar-refractivity contribution in [1.29, 1.82) is 0 Å². The Morgan fingerprint density at radius 3 is 1.13 bits per heavy atom. The molecule has 0 atom stereocenters. The van der Waals surface area contributed by atoms with E-state index >= 15 is 0 Å². The van der Waals surface area contributed by atoms with Crippen LogP contribution in [0.25, 0.3) is 60.9 Å². The number of aromatic nitrogens is 1. The molecule has 0 saturated carbocycles. The molecular formula is C48H24F10N2. The van der Waals surface area contributed by atoms with E-state index in [0.717, 1.165) is 62.9 Å². The van der Waals surface area contributed by atoms with Gasteiger partial charge in [-0.15, -0.1) is 0 Å². The van der Waals surface area contributed by atoms with E-state index in [0.29, 0.717) is 17.1 Å². The Morgan fingerprint density at radius 1 is 0.300 bits per heavy atom. The van der Waals surface area contributed by atoms with Gasteiger partial charge in [0, 0.05) is 33.5 Å². The van der Waals surface area contributed by atoms with E-state index in [1.54, 1.807) is 17.0 Å². The maximum absolute atomic E-state index is 14.8. The van der Waals surface area contributed by atoms with Crippen LogP contribution in [0.4, 0.5) is 61.0 Å². The lowest BCUT2D eigenvalue weighted by molar-refractivity contribution is 0.381. The summed E-state index contributed by atoms with van der Waals surface area (Å²) >= 11 is 0. The van der Waals surface area contributed by atoms with Crippen molar-refractivity contribution in [3.8, 4) is 39.1 Å². The van der Waals surface area contributed by atoms with E-state index in [4.69, 9.17) is 0 Å². The fraction of sp³-hybridized carbons (Fsp3) is 0. The van der Waals surface area contributed by atoms with Crippen LogP contribution in [0.5, 0.6) is 0 Å². The Kier molecular flexibility index (Phi) is 9.42. The lowest BCUT2D eigenvalue weighted by Crippen LogP contribution is -2.10. The van der Waals surface area contributed by atoms with E-state index < -0.39 is 69.3 Å². The minimum atomic E-state index is -2.30. The highest BCUT2D eigenvalue weighted by Gasteiger charge is 2.28. The first-order valence-electron chi connectivity index (χ1n) is 18.2. The van der Waals surface area contributed by atoms with Gasteiger partial charge < -0.3 is 9.47 Å². The Morgan fingerprint density at radius 2 is 0.667 bits per heavy atom. The van der Waals surface area contributed by atoms with Gasteiger partial charge in [-0.05, 0) is 82.9 Å². The maximum Gasteiger partial charge on any atom is 0.200 e. The van der Waals surface area contributed by atoms with Crippen molar-refractivity contribution in [3.63, 3.8) is 0 Å². The number of halogens is 10. The van der Waals surface area contributed by atoms with Gasteiger partial charge in [0.25, 0.3) is 0 Å². The molecule has 0 N–H and O–H groups in total. The monoisotopic (exact) mass is 818 g/mol. The van der Waals surface area contributed by atoms with Gasteiger partial charge >= 0.3 is 0 Å². The van der Waals surface area contributed by atoms with Crippen molar-refractivity contribution in [3.05, 3.63) is 204 Å². The standard InChI is InChI=1S/C48H24F10N2/c49-39-37(40(50)44(54)47(57)43(39)53)26-12-19-31(20-13-26)59(32-21-14-27(15-22-32)38-41(51)45(55)48(58)46(56)42(38)52)30-17-10-25(11-18-30)28-16-23-34-33-8-4-5-9-35(33)60(36(34)24-28)29-6-2-1-3-7-29/h1-24H. The summed E-state index contributed by atoms with van der Waals surface area (Å²) in [6, 6.07) is 41.3. The molecular weight excluding hydrogens is 795 g/mol. The van der Waals surface area contributed by atoms with Gasteiger partial charge in [-0.3, -0.25) is 0 Å². The molecule has 0 spiro atoms. The highest BCUT2D eigenvalue weighted by Crippen LogP contribution is 2.41. The Hall–Kier alpha value is -7.34. The molecule has 0 aliphatic carbocycles. The number of hydrogen-bond donors (Lipinski definition) is 0. The summed E-state index contributed by atoms with van der Waals surface area (Å²) in [7, 11) is 0. The maximum atomic E-state index is 14.8. The van der Waals surface area contributed by atoms with Crippen LogP contribution in [0.1, 0.15) is 0 Å². The van der Waals surface area contributed by atoms with E-state index in [-0.39, 0.29) is 11.1 Å². The summed E-state index contributed by atoms with van der Waals surface area (Å²) in [5, 5.41) is 2.12. The topological polar surface area (TPSA) is 8.17 Å². The van der Waals surface area contributed by atoms with Gasteiger partial charge in [0.05, 0.1) is 22.2 Å². The number of fused-ring (bicyclic) bond motifs is 3. The largest absolute Gasteiger partial charge is 0.311 e. The highest BCUT2D eigenvalue weighted by atomic mass is 19.2. The van der Waals surface area contributed by atoms with Crippen LogP contribution in [-0.2, 0) is 0 Å². The molecule has 296 valence electrons. The minimum Gasteiger partial charge on any atom is -0.311 e. The molecule has 1 heterocycles. The number of para-hydroxylation sites is 2. The van der Waals surface area contributed by atoms with E-state index in [1.807, 2.05) is 66.7 Å². The Labute approximate surface area is 334 Å². The molecule has 9 rings (SSSR count). The summed E-state index contributed by atoms with van der Waals surface area (Å²) in [5.74, 6) is -21.1. The molecule has 8 aromatic carbocycles. The fourth-order valence-corrected chi connectivity index (χ4v) is 7.53. The van der Waals surface area contributed by atoms with Crippen LogP contribution in [0.15, 0.2) is 146 Å². The summed E-state index contributed by atoms with van der Waals surface area (Å²) < 4.78 is 145. The van der Waals surface area contributed by atoms with Crippen LogP contribution in [-0.4, -0.2) is 4.57 Å². The molecule has 1 aromatic heterocycles. The number of rotatable bonds is 7. The molecule has 0 amide bonds. The second-order valence-electron chi connectivity index (χ2n) is 13.8. The number of nitrogens with zero attached hydrogens (tertiary/aromatic N) is 2. The molecule has 0 aliphatic heterocycles. The summed E-state index contributed by atoms with van der Waals surface area (Å²) in [6.07, 6.45) is 0. The average molecular weight is 819 g/mol. The van der Waals surface area contributed by atoms with E-state index in [1.165, 1.54) is 24.3 Å². The molecule has 0 radical (unpaired) electrons. The van der Waals surface area contributed by atoms with Crippen LogP contribution in [0.3, 0.4) is 0 Å². The summed E-state index contributed by atoms with van der Waals surface area (Å²) in [4.78, 5) is 1.60. The molecule has 0 saturated heterocycles. The normalized spacial score (nSPS) is 11.5. The van der Waals surface area contributed by atoms with E-state index in [2.05, 4.69) is 22.8 Å². The first kappa shape index (κ1) is 38.2. The third kappa shape index (κ3) is 6.14. The SMILES string of the molecule is Fc1c(F)c(F)c(-c2ccc(N(c3ccc(-c4ccc5c6ccccc6n(-c6ccccc6)c5c4)cc3)c3ccc(-c4c(F)c(F)c(F)c(F)c4F)cc3)cc2)c(F)c1F. The van der Waals surface area contributed by atoms with Crippen molar-refractivity contribution < 1.29 is 43.9 Å².